The Morgan fingerprint density at radius 3 is 2.16 bits per heavy atom. The van der Waals surface area contributed by atoms with Gasteiger partial charge in [0.05, 0.1) is 33.5 Å². The molecule has 1 heterocycles. The minimum atomic E-state index is -0.389. The number of halogens is 1. The largest absolute Gasteiger partial charge is 0.493 e. The highest BCUT2D eigenvalue weighted by Crippen LogP contribution is 2.40. The van der Waals surface area contributed by atoms with Gasteiger partial charge in [0.15, 0.2) is 22.5 Å². The van der Waals surface area contributed by atoms with Crippen LogP contribution in [-0.2, 0) is 4.74 Å². The van der Waals surface area contributed by atoms with E-state index in [1.54, 1.807) is 43.3 Å². The molecule has 0 saturated carbocycles. The lowest BCUT2D eigenvalue weighted by atomic mass is 10.2. The molecule has 0 amide bonds. The Hall–Kier alpha value is -3.79. The summed E-state index contributed by atoms with van der Waals surface area (Å²) in [7, 11) is 4.57. The molecule has 0 aliphatic carbocycles. The molecular formula is C21H22ClN5O5. The molecule has 11 heteroatoms. The van der Waals surface area contributed by atoms with Gasteiger partial charge in [-0.15, -0.1) is 10.2 Å². The van der Waals surface area contributed by atoms with Gasteiger partial charge in [-0.25, -0.2) is 4.79 Å². The highest BCUT2D eigenvalue weighted by Gasteiger charge is 2.15. The molecule has 0 aliphatic heterocycles. The first-order valence-corrected chi connectivity index (χ1v) is 9.88. The van der Waals surface area contributed by atoms with E-state index in [0.717, 1.165) is 0 Å². The average Bonchev–Trinajstić information content (AvgIpc) is 2.81. The maximum Gasteiger partial charge on any atom is 0.338 e. The van der Waals surface area contributed by atoms with Crippen molar-refractivity contribution in [1.29, 1.82) is 0 Å². The second-order valence-electron chi connectivity index (χ2n) is 6.24. The predicted octanol–water partition coefficient (Wildman–Crippen LogP) is 4.21. The lowest BCUT2D eigenvalue weighted by molar-refractivity contribution is 0.0526. The van der Waals surface area contributed by atoms with Crippen LogP contribution in [0, 0.1) is 0 Å². The van der Waals surface area contributed by atoms with Crippen molar-refractivity contribution in [1.82, 2.24) is 15.2 Å². The number of esters is 1. The molecule has 0 saturated heterocycles. The molecule has 0 unspecified atom stereocenters. The Labute approximate surface area is 189 Å². The van der Waals surface area contributed by atoms with E-state index in [2.05, 4.69) is 25.8 Å². The fourth-order valence-electron chi connectivity index (χ4n) is 2.77. The summed E-state index contributed by atoms with van der Waals surface area (Å²) in [6.45, 7) is 2.06. The molecule has 1 aromatic heterocycles. The highest BCUT2D eigenvalue weighted by molar-refractivity contribution is 6.31. The van der Waals surface area contributed by atoms with Crippen molar-refractivity contribution in [3.63, 3.8) is 0 Å². The van der Waals surface area contributed by atoms with E-state index in [9.17, 15) is 4.79 Å². The van der Waals surface area contributed by atoms with Gasteiger partial charge in [-0.2, -0.15) is 4.98 Å². The summed E-state index contributed by atoms with van der Waals surface area (Å²) >= 11 is 6.18. The fourth-order valence-corrected chi connectivity index (χ4v) is 2.90. The molecule has 0 radical (unpaired) electrons. The summed E-state index contributed by atoms with van der Waals surface area (Å²) in [6, 6.07) is 10.1. The van der Waals surface area contributed by atoms with Gasteiger partial charge in [0.25, 0.3) is 0 Å². The van der Waals surface area contributed by atoms with Gasteiger partial charge >= 0.3 is 5.97 Å². The van der Waals surface area contributed by atoms with Crippen molar-refractivity contribution >= 4 is 40.7 Å². The summed E-state index contributed by atoms with van der Waals surface area (Å²) in [5, 5.41) is 14.0. The predicted molar refractivity (Wildman–Crippen MR) is 120 cm³/mol. The molecule has 2 N–H and O–H groups in total. The van der Waals surface area contributed by atoms with Gasteiger partial charge in [-0.05, 0) is 31.2 Å². The van der Waals surface area contributed by atoms with E-state index >= 15 is 0 Å². The third-order valence-corrected chi connectivity index (χ3v) is 4.48. The van der Waals surface area contributed by atoms with Gasteiger partial charge in [-0.3, -0.25) is 0 Å². The zero-order chi connectivity index (χ0) is 23.1. The Morgan fingerprint density at radius 2 is 1.59 bits per heavy atom. The van der Waals surface area contributed by atoms with Crippen LogP contribution in [0.2, 0.25) is 5.15 Å². The first-order valence-electron chi connectivity index (χ1n) is 9.50. The molecule has 10 nitrogen and oxygen atoms in total. The van der Waals surface area contributed by atoms with Crippen LogP contribution in [0.5, 0.6) is 17.2 Å². The molecule has 3 aromatic rings. The average molecular weight is 460 g/mol. The van der Waals surface area contributed by atoms with Crippen molar-refractivity contribution < 1.29 is 23.7 Å². The molecular weight excluding hydrogens is 438 g/mol. The van der Waals surface area contributed by atoms with Gasteiger partial charge in [0, 0.05) is 23.5 Å². The number of ether oxygens (including phenoxy) is 4. The molecule has 0 atom stereocenters. The zero-order valence-corrected chi connectivity index (χ0v) is 18.7. The Morgan fingerprint density at radius 1 is 0.938 bits per heavy atom. The third-order valence-electron chi connectivity index (χ3n) is 4.23. The number of carbonyl (C=O) groups is 1. The van der Waals surface area contributed by atoms with E-state index in [1.807, 2.05) is 0 Å². The van der Waals surface area contributed by atoms with Crippen LogP contribution in [0.1, 0.15) is 17.3 Å². The topological polar surface area (TPSA) is 117 Å². The smallest absolute Gasteiger partial charge is 0.338 e. The number of hydrogen-bond donors (Lipinski definition) is 2. The SMILES string of the molecule is CCOC(=O)c1ccc(Nc2nnc(Cl)c(Nc3cc(OC)c(OC)c(OC)c3)n2)cc1. The van der Waals surface area contributed by atoms with Crippen LogP contribution in [0.25, 0.3) is 0 Å². The minimum absolute atomic E-state index is 0.0713. The number of hydrogen-bond acceptors (Lipinski definition) is 10. The monoisotopic (exact) mass is 459 g/mol. The Bertz CT molecular complexity index is 1070. The van der Waals surface area contributed by atoms with Gasteiger partial charge in [0.1, 0.15) is 0 Å². The lowest BCUT2D eigenvalue weighted by Crippen LogP contribution is -2.06. The quantitative estimate of drug-likeness (QED) is 0.450. The Kier molecular flexibility index (Phi) is 7.50. The highest BCUT2D eigenvalue weighted by atomic mass is 35.5. The lowest BCUT2D eigenvalue weighted by Gasteiger charge is -2.15. The molecule has 3 rings (SSSR count). The molecule has 0 aliphatic rings. The number of methoxy groups -OCH3 is 3. The van der Waals surface area contributed by atoms with Crippen molar-refractivity contribution in [2.45, 2.75) is 6.92 Å². The molecule has 0 bridgehead atoms. The molecule has 32 heavy (non-hydrogen) atoms. The summed E-state index contributed by atoms with van der Waals surface area (Å²) in [6.07, 6.45) is 0. The molecule has 0 fully saturated rings. The number of nitrogens with one attached hydrogen (secondary N) is 2. The van der Waals surface area contributed by atoms with Gasteiger partial charge < -0.3 is 29.6 Å². The summed E-state index contributed by atoms with van der Waals surface area (Å²) < 4.78 is 21.0. The zero-order valence-electron chi connectivity index (χ0n) is 17.9. The van der Waals surface area contributed by atoms with Crippen LogP contribution in [0.3, 0.4) is 0 Å². The number of carbonyl (C=O) groups excluding carboxylic acids is 1. The summed E-state index contributed by atoms with van der Waals surface area (Å²) in [5.74, 6) is 1.47. The third kappa shape index (κ3) is 5.27. The van der Waals surface area contributed by atoms with Gasteiger partial charge in [-0.1, -0.05) is 11.6 Å². The van der Waals surface area contributed by atoms with E-state index in [1.165, 1.54) is 21.3 Å². The van der Waals surface area contributed by atoms with Crippen LogP contribution < -0.4 is 24.8 Å². The van der Waals surface area contributed by atoms with Crippen molar-refractivity contribution in [3.05, 3.63) is 47.1 Å². The number of benzene rings is 2. The van der Waals surface area contributed by atoms with E-state index < -0.39 is 0 Å². The number of anilines is 4. The van der Waals surface area contributed by atoms with Crippen LogP contribution in [-0.4, -0.2) is 49.1 Å². The standard InChI is InChI=1S/C21H22ClN5O5/c1-5-32-20(28)12-6-8-13(9-7-12)24-21-25-19(18(22)26-27-21)23-14-10-15(29-2)17(31-4)16(11-14)30-3/h6-11H,5H2,1-4H3,(H2,23,24,25,27). The van der Waals surface area contributed by atoms with Crippen LogP contribution in [0.4, 0.5) is 23.1 Å². The van der Waals surface area contributed by atoms with Gasteiger partial charge in [0.2, 0.25) is 11.7 Å². The second kappa shape index (κ2) is 10.5. The van der Waals surface area contributed by atoms with Crippen molar-refractivity contribution in [2.75, 3.05) is 38.6 Å². The number of aromatic nitrogens is 3. The minimum Gasteiger partial charge on any atom is -0.493 e. The van der Waals surface area contributed by atoms with Crippen molar-refractivity contribution in [2.24, 2.45) is 0 Å². The molecule has 2 aromatic carbocycles. The molecule has 168 valence electrons. The van der Waals surface area contributed by atoms with E-state index in [-0.39, 0.29) is 22.9 Å². The first kappa shape index (κ1) is 22.9. The van der Waals surface area contributed by atoms with Crippen LogP contribution >= 0.6 is 11.6 Å². The maximum absolute atomic E-state index is 11.8. The first-order chi connectivity index (χ1) is 15.5. The molecule has 0 spiro atoms. The summed E-state index contributed by atoms with van der Waals surface area (Å²) in [4.78, 5) is 16.1. The fraction of sp³-hybridized carbons (Fsp3) is 0.238. The Balaban J connectivity index is 1.81. The number of rotatable bonds is 9. The summed E-state index contributed by atoms with van der Waals surface area (Å²) in [5.41, 5.74) is 1.69. The number of nitrogens with zero attached hydrogens (tertiary/aromatic N) is 3. The van der Waals surface area contributed by atoms with Crippen LogP contribution in [0.15, 0.2) is 36.4 Å². The van der Waals surface area contributed by atoms with E-state index in [4.69, 9.17) is 30.5 Å². The maximum atomic E-state index is 11.8. The van der Waals surface area contributed by atoms with Crippen molar-refractivity contribution in [3.8, 4) is 17.2 Å². The normalized spacial score (nSPS) is 10.3. The van der Waals surface area contributed by atoms with E-state index in [0.29, 0.717) is 40.8 Å². The second-order valence-corrected chi connectivity index (χ2v) is 6.59.